The highest BCUT2D eigenvalue weighted by molar-refractivity contribution is 6.69. The van der Waals surface area contributed by atoms with E-state index >= 15 is 0 Å². The molecule has 0 amide bonds. The summed E-state index contributed by atoms with van der Waals surface area (Å²) >= 11 is 0. The molecule has 1 atom stereocenters. The summed E-state index contributed by atoms with van der Waals surface area (Å²) in [5.41, 5.74) is 9.02. The number of rotatable bonds is 8. The van der Waals surface area contributed by atoms with Crippen molar-refractivity contribution in [2.45, 2.75) is 85.1 Å². The summed E-state index contributed by atoms with van der Waals surface area (Å²) in [5, 5.41) is 12.1. The number of hydrogen-bond donors (Lipinski definition) is 1. The molecule has 196 valence electrons. The number of aliphatic hydroxyl groups excluding tert-OH is 1. The fourth-order valence-electron chi connectivity index (χ4n) is 5.99. The minimum absolute atomic E-state index is 0.197. The lowest BCUT2D eigenvalue weighted by Crippen LogP contribution is -2.50. The average molecular weight is 497 g/mol. The number of nitrogens with zero attached hydrogens (tertiary/aromatic N) is 2. The molecule has 0 unspecified atom stereocenters. The van der Waals surface area contributed by atoms with Crippen LogP contribution in [0.5, 0.6) is 0 Å². The van der Waals surface area contributed by atoms with Crippen molar-refractivity contribution in [2.75, 3.05) is 22.7 Å². The second kappa shape index (κ2) is 11.4. The lowest BCUT2D eigenvalue weighted by atomic mass is 9.62. The quantitative estimate of drug-likeness (QED) is 0.318. The topological polar surface area (TPSA) is 26.7 Å². The van der Waals surface area contributed by atoms with E-state index in [1.165, 1.54) is 33.6 Å². The highest BCUT2D eigenvalue weighted by atomic mass is 16.3. The molecule has 37 heavy (non-hydrogen) atoms. The molecule has 1 fully saturated rings. The van der Waals surface area contributed by atoms with Gasteiger partial charge in [-0.3, -0.25) is 0 Å². The van der Waals surface area contributed by atoms with Crippen LogP contribution < -0.4 is 9.62 Å². The minimum atomic E-state index is -0.649. The van der Waals surface area contributed by atoms with Crippen LogP contribution in [0.15, 0.2) is 66.7 Å². The van der Waals surface area contributed by atoms with Gasteiger partial charge in [0.1, 0.15) is 6.00 Å². The molecule has 1 aliphatic rings. The molecule has 1 N–H and O–H groups in total. The fraction of sp³-hybridized carbons (Fsp3) is 0.455. The Kier molecular flexibility index (Phi) is 8.38. The van der Waals surface area contributed by atoms with Gasteiger partial charge in [-0.1, -0.05) is 122 Å². The zero-order valence-corrected chi connectivity index (χ0v) is 24.1. The standard InChI is InChI=1S/C33H45BN2O/c1-22(2)27-16-12-17-28(23(3)4)31(27)35-20-21-36(34(35)33(37)26-14-10-9-11-15-26)32-29(24(5)6)18-13-19-30(32)25(7)8/h9-19,22-25,33,37H,20-21H2,1-8H3/t33-/m1/s1. The molecule has 4 heteroatoms. The van der Waals surface area contributed by atoms with E-state index in [1.807, 2.05) is 18.2 Å². The van der Waals surface area contributed by atoms with Gasteiger partial charge in [-0.15, -0.1) is 0 Å². The molecule has 0 saturated carbocycles. The first-order valence-electron chi connectivity index (χ1n) is 14.1. The van der Waals surface area contributed by atoms with Crippen molar-refractivity contribution < 1.29 is 5.11 Å². The number of benzene rings is 3. The van der Waals surface area contributed by atoms with Gasteiger partial charge in [0, 0.05) is 24.5 Å². The predicted octanol–water partition coefficient (Wildman–Crippen LogP) is 8.27. The summed E-state index contributed by atoms with van der Waals surface area (Å²) in [6.45, 7) is 19.8. The first-order chi connectivity index (χ1) is 17.6. The molecule has 0 aliphatic carbocycles. The van der Waals surface area contributed by atoms with Gasteiger partial charge in [-0.05, 0) is 51.5 Å². The van der Waals surface area contributed by atoms with Crippen LogP contribution in [0, 0.1) is 0 Å². The molecular formula is C33H45BN2O. The van der Waals surface area contributed by atoms with Crippen LogP contribution in [0.1, 0.15) is 113 Å². The van der Waals surface area contributed by atoms with E-state index in [0.717, 1.165) is 18.7 Å². The van der Waals surface area contributed by atoms with Crippen molar-refractivity contribution >= 4 is 18.4 Å². The number of hydrogen-bond acceptors (Lipinski definition) is 3. The van der Waals surface area contributed by atoms with Gasteiger partial charge in [-0.25, -0.2) is 0 Å². The molecule has 0 spiro atoms. The van der Waals surface area contributed by atoms with Crippen LogP contribution in [-0.2, 0) is 0 Å². The number of para-hydroxylation sites is 2. The summed E-state index contributed by atoms with van der Waals surface area (Å²) in [6.07, 6.45) is 0. The van der Waals surface area contributed by atoms with Crippen molar-refractivity contribution in [3.8, 4) is 0 Å². The molecule has 0 radical (unpaired) electrons. The third-order valence-electron chi connectivity index (χ3n) is 7.90. The first-order valence-corrected chi connectivity index (χ1v) is 14.1. The van der Waals surface area contributed by atoms with E-state index in [1.54, 1.807) is 0 Å². The second-order valence-electron chi connectivity index (χ2n) is 11.8. The van der Waals surface area contributed by atoms with E-state index in [0.29, 0.717) is 23.7 Å². The summed E-state index contributed by atoms with van der Waals surface area (Å²) < 4.78 is 0. The molecule has 0 bridgehead atoms. The Balaban J connectivity index is 1.96. The monoisotopic (exact) mass is 496 g/mol. The van der Waals surface area contributed by atoms with Crippen LogP contribution in [-0.4, -0.2) is 25.2 Å². The summed E-state index contributed by atoms with van der Waals surface area (Å²) in [4.78, 5) is 5.03. The summed E-state index contributed by atoms with van der Waals surface area (Å²) in [5.74, 6) is 1.58. The molecule has 1 aliphatic heterocycles. The zero-order valence-electron chi connectivity index (χ0n) is 24.1. The molecule has 1 heterocycles. The van der Waals surface area contributed by atoms with Gasteiger partial charge in [0.15, 0.2) is 0 Å². The van der Waals surface area contributed by atoms with Crippen molar-refractivity contribution in [1.82, 2.24) is 0 Å². The number of anilines is 2. The summed E-state index contributed by atoms with van der Waals surface area (Å²) in [7, 11) is 0. The predicted molar refractivity (Wildman–Crippen MR) is 161 cm³/mol. The lowest BCUT2D eigenvalue weighted by molar-refractivity contribution is 0.252. The van der Waals surface area contributed by atoms with E-state index in [9.17, 15) is 5.11 Å². The van der Waals surface area contributed by atoms with Crippen molar-refractivity contribution in [2.24, 2.45) is 0 Å². The maximum atomic E-state index is 12.1. The Labute approximate surface area is 225 Å². The Bertz CT molecular complexity index is 1060. The Morgan fingerprint density at radius 2 is 0.892 bits per heavy atom. The molecule has 4 rings (SSSR count). The lowest BCUT2D eigenvalue weighted by Gasteiger charge is -2.38. The second-order valence-corrected chi connectivity index (χ2v) is 11.8. The Morgan fingerprint density at radius 3 is 1.22 bits per heavy atom. The Morgan fingerprint density at radius 1 is 0.541 bits per heavy atom. The normalized spacial score (nSPS) is 15.1. The largest absolute Gasteiger partial charge is 0.410 e. The maximum Gasteiger partial charge on any atom is 0.410 e. The van der Waals surface area contributed by atoms with Gasteiger partial charge in [0.05, 0.1) is 0 Å². The Hall–Kier alpha value is -2.72. The molecular weight excluding hydrogens is 451 g/mol. The van der Waals surface area contributed by atoms with Gasteiger partial charge >= 0.3 is 6.98 Å². The number of aliphatic hydroxyl groups is 1. The van der Waals surface area contributed by atoms with Crippen LogP contribution >= 0.6 is 0 Å². The fourth-order valence-corrected chi connectivity index (χ4v) is 5.99. The molecule has 3 aromatic carbocycles. The smallest absolute Gasteiger partial charge is 0.392 e. The van der Waals surface area contributed by atoms with Gasteiger partial charge in [-0.2, -0.15) is 0 Å². The molecule has 3 aromatic rings. The van der Waals surface area contributed by atoms with Gasteiger partial charge in [0.25, 0.3) is 0 Å². The maximum absolute atomic E-state index is 12.1. The summed E-state index contributed by atoms with van der Waals surface area (Å²) in [6, 6.07) is 23.1. The van der Waals surface area contributed by atoms with E-state index < -0.39 is 6.00 Å². The van der Waals surface area contributed by atoms with E-state index in [-0.39, 0.29) is 6.98 Å². The SMILES string of the molecule is CC(C)c1cccc(C(C)C)c1N1CCN(c2c(C(C)C)cccc2C(C)C)B1[C@H](O)c1ccccc1. The third-order valence-corrected chi connectivity index (χ3v) is 7.90. The van der Waals surface area contributed by atoms with Gasteiger partial charge in [0.2, 0.25) is 0 Å². The minimum Gasteiger partial charge on any atom is -0.392 e. The van der Waals surface area contributed by atoms with Crippen LogP contribution in [0.4, 0.5) is 11.4 Å². The third kappa shape index (κ3) is 5.32. The highest BCUT2D eigenvalue weighted by Crippen LogP contribution is 2.44. The van der Waals surface area contributed by atoms with Crippen LogP contribution in [0.25, 0.3) is 0 Å². The van der Waals surface area contributed by atoms with Crippen molar-refractivity contribution in [1.29, 1.82) is 0 Å². The van der Waals surface area contributed by atoms with Gasteiger partial charge < -0.3 is 14.7 Å². The zero-order chi connectivity index (χ0) is 26.9. The molecule has 0 aromatic heterocycles. The molecule has 3 nitrogen and oxygen atoms in total. The first kappa shape index (κ1) is 27.3. The highest BCUT2D eigenvalue weighted by Gasteiger charge is 2.46. The molecule has 1 saturated heterocycles. The van der Waals surface area contributed by atoms with Crippen molar-refractivity contribution in [3.05, 3.63) is 94.5 Å². The van der Waals surface area contributed by atoms with Crippen LogP contribution in [0.3, 0.4) is 0 Å². The van der Waals surface area contributed by atoms with E-state index in [4.69, 9.17) is 0 Å². The van der Waals surface area contributed by atoms with Crippen LogP contribution in [0.2, 0.25) is 0 Å². The average Bonchev–Trinajstić information content (AvgIpc) is 3.32. The van der Waals surface area contributed by atoms with E-state index in [2.05, 4.69) is 114 Å². The van der Waals surface area contributed by atoms with Crippen molar-refractivity contribution in [3.63, 3.8) is 0 Å².